The molecule has 0 aromatic rings. The molecule has 116 valence electrons. The number of aliphatic hydroxyl groups is 1. The first-order valence-electron chi connectivity index (χ1n) is 8.27. The number of nitrogens with one attached hydrogen (secondary N) is 1. The first kappa shape index (κ1) is 15.8. The lowest BCUT2D eigenvalue weighted by molar-refractivity contribution is -0.131. The smallest absolute Gasteiger partial charge is 0.223 e. The number of carbonyl (C=O) groups is 1. The van der Waals surface area contributed by atoms with Crippen LogP contribution in [0.25, 0.3) is 0 Å². The molecule has 20 heavy (non-hydrogen) atoms. The van der Waals surface area contributed by atoms with Gasteiger partial charge in [0.05, 0.1) is 6.10 Å². The number of ether oxygens (including phenoxy) is 1. The molecule has 2 rings (SSSR count). The van der Waals surface area contributed by atoms with Gasteiger partial charge in [0.15, 0.2) is 0 Å². The minimum absolute atomic E-state index is 0.0987. The number of aliphatic hydroxyl groups excluding tert-OH is 1. The summed E-state index contributed by atoms with van der Waals surface area (Å²) in [4.78, 5) is 12.4. The summed E-state index contributed by atoms with van der Waals surface area (Å²) < 4.78 is 5.71. The second-order valence-corrected chi connectivity index (χ2v) is 6.34. The Kier molecular flexibility index (Phi) is 6.30. The highest BCUT2D eigenvalue weighted by Gasteiger charge is 2.31. The molecule has 0 radical (unpaired) electrons. The van der Waals surface area contributed by atoms with Gasteiger partial charge in [-0.3, -0.25) is 4.79 Å². The van der Waals surface area contributed by atoms with E-state index in [0.717, 1.165) is 44.9 Å². The molecule has 2 N–H and O–H groups in total. The van der Waals surface area contributed by atoms with Crippen molar-refractivity contribution in [2.24, 2.45) is 11.8 Å². The largest absolute Gasteiger partial charge is 0.396 e. The van der Waals surface area contributed by atoms with Gasteiger partial charge in [-0.1, -0.05) is 26.2 Å². The SMILES string of the molecule is CCCC1CC(C(=O)NC2CCCCC2CO)CCO1. The van der Waals surface area contributed by atoms with Crippen molar-refractivity contribution < 1.29 is 14.6 Å². The molecular weight excluding hydrogens is 254 g/mol. The van der Waals surface area contributed by atoms with Crippen LogP contribution < -0.4 is 5.32 Å². The maximum absolute atomic E-state index is 12.4. The molecule has 4 atom stereocenters. The van der Waals surface area contributed by atoms with E-state index in [9.17, 15) is 9.90 Å². The van der Waals surface area contributed by atoms with E-state index < -0.39 is 0 Å². The fourth-order valence-electron chi connectivity index (χ4n) is 3.56. The van der Waals surface area contributed by atoms with E-state index in [1.165, 1.54) is 6.42 Å². The highest BCUT2D eigenvalue weighted by Crippen LogP contribution is 2.27. The van der Waals surface area contributed by atoms with Gasteiger partial charge in [-0.15, -0.1) is 0 Å². The van der Waals surface area contributed by atoms with E-state index in [2.05, 4.69) is 12.2 Å². The van der Waals surface area contributed by atoms with E-state index in [1.54, 1.807) is 0 Å². The lowest BCUT2D eigenvalue weighted by atomic mass is 9.84. The molecule has 1 heterocycles. The van der Waals surface area contributed by atoms with Crippen molar-refractivity contribution in [1.29, 1.82) is 0 Å². The predicted octanol–water partition coefficient (Wildman–Crippen LogP) is 2.25. The van der Waals surface area contributed by atoms with E-state index in [0.29, 0.717) is 6.61 Å². The molecule has 4 unspecified atom stereocenters. The van der Waals surface area contributed by atoms with Crippen LogP contribution in [0.3, 0.4) is 0 Å². The third-order valence-electron chi connectivity index (χ3n) is 4.82. The van der Waals surface area contributed by atoms with Crippen LogP contribution >= 0.6 is 0 Å². The number of hydrogen-bond donors (Lipinski definition) is 2. The molecule has 4 heteroatoms. The molecule has 0 aromatic carbocycles. The molecule has 1 saturated heterocycles. The van der Waals surface area contributed by atoms with Crippen LogP contribution in [0.1, 0.15) is 58.3 Å². The van der Waals surface area contributed by atoms with Crippen molar-refractivity contribution in [3.8, 4) is 0 Å². The van der Waals surface area contributed by atoms with Crippen LogP contribution in [0.5, 0.6) is 0 Å². The molecular formula is C16H29NO3. The lowest BCUT2D eigenvalue weighted by Gasteiger charge is -2.34. The summed E-state index contributed by atoms with van der Waals surface area (Å²) in [6, 6.07) is 0.175. The second-order valence-electron chi connectivity index (χ2n) is 6.34. The van der Waals surface area contributed by atoms with Gasteiger partial charge in [0, 0.05) is 31.1 Å². The number of amides is 1. The zero-order valence-electron chi connectivity index (χ0n) is 12.6. The Hall–Kier alpha value is -0.610. The van der Waals surface area contributed by atoms with Crippen molar-refractivity contribution in [1.82, 2.24) is 5.32 Å². The highest BCUT2D eigenvalue weighted by atomic mass is 16.5. The fourth-order valence-corrected chi connectivity index (χ4v) is 3.56. The normalized spacial score (nSPS) is 34.7. The number of carbonyl (C=O) groups excluding carboxylic acids is 1. The number of rotatable bonds is 5. The van der Waals surface area contributed by atoms with Gasteiger partial charge in [0.2, 0.25) is 5.91 Å². The quantitative estimate of drug-likeness (QED) is 0.813. The van der Waals surface area contributed by atoms with Crippen LogP contribution in [0, 0.1) is 11.8 Å². The Morgan fingerprint density at radius 2 is 2.10 bits per heavy atom. The Labute approximate surface area is 122 Å². The molecule has 0 bridgehead atoms. The fraction of sp³-hybridized carbons (Fsp3) is 0.938. The molecule has 0 aromatic heterocycles. The van der Waals surface area contributed by atoms with Crippen LogP contribution in [0.2, 0.25) is 0 Å². The third kappa shape index (κ3) is 4.19. The van der Waals surface area contributed by atoms with Gasteiger partial charge < -0.3 is 15.2 Å². The van der Waals surface area contributed by atoms with Crippen molar-refractivity contribution in [2.75, 3.05) is 13.2 Å². The summed E-state index contributed by atoms with van der Waals surface area (Å²) in [6.07, 6.45) is 8.48. The van der Waals surface area contributed by atoms with Crippen LogP contribution in [-0.2, 0) is 9.53 Å². The molecule has 1 aliphatic heterocycles. The minimum atomic E-state index is 0.0987. The van der Waals surface area contributed by atoms with Gasteiger partial charge in [0.25, 0.3) is 0 Å². The summed E-state index contributed by atoms with van der Waals surface area (Å²) in [5, 5.41) is 12.6. The van der Waals surface area contributed by atoms with Crippen molar-refractivity contribution in [3.63, 3.8) is 0 Å². The summed E-state index contributed by atoms with van der Waals surface area (Å²) in [5.74, 6) is 0.528. The van der Waals surface area contributed by atoms with Crippen LogP contribution in [0.4, 0.5) is 0 Å². The summed E-state index contributed by atoms with van der Waals surface area (Å²) in [6.45, 7) is 3.05. The van der Waals surface area contributed by atoms with Crippen molar-refractivity contribution in [3.05, 3.63) is 0 Å². The Morgan fingerprint density at radius 1 is 1.30 bits per heavy atom. The van der Waals surface area contributed by atoms with E-state index >= 15 is 0 Å². The lowest BCUT2D eigenvalue weighted by Crippen LogP contribution is -2.47. The van der Waals surface area contributed by atoms with Gasteiger partial charge in [0.1, 0.15) is 0 Å². The van der Waals surface area contributed by atoms with Gasteiger partial charge in [-0.05, 0) is 32.1 Å². The monoisotopic (exact) mass is 283 g/mol. The molecule has 0 spiro atoms. The summed E-state index contributed by atoms with van der Waals surface area (Å²) in [5.41, 5.74) is 0. The number of hydrogen-bond acceptors (Lipinski definition) is 3. The highest BCUT2D eigenvalue weighted by molar-refractivity contribution is 5.79. The Bertz CT molecular complexity index is 306. The van der Waals surface area contributed by atoms with Gasteiger partial charge in [-0.2, -0.15) is 0 Å². The standard InChI is InChI=1S/C16H29NO3/c1-2-5-14-10-12(8-9-20-14)16(19)17-15-7-4-3-6-13(15)11-18/h12-15,18H,2-11H2,1H3,(H,17,19). The van der Waals surface area contributed by atoms with E-state index in [-0.39, 0.29) is 36.5 Å². The molecule has 1 aliphatic carbocycles. The Morgan fingerprint density at radius 3 is 2.85 bits per heavy atom. The zero-order chi connectivity index (χ0) is 14.4. The van der Waals surface area contributed by atoms with Crippen LogP contribution in [0.15, 0.2) is 0 Å². The average molecular weight is 283 g/mol. The Balaban J connectivity index is 1.83. The molecule has 4 nitrogen and oxygen atoms in total. The van der Waals surface area contributed by atoms with E-state index in [1.807, 2.05) is 0 Å². The maximum Gasteiger partial charge on any atom is 0.223 e. The zero-order valence-corrected chi connectivity index (χ0v) is 12.6. The first-order valence-corrected chi connectivity index (χ1v) is 8.27. The molecule has 1 amide bonds. The minimum Gasteiger partial charge on any atom is -0.396 e. The molecule has 2 fully saturated rings. The van der Waals surface area contributed by atoms with Crippen molar-refractivity contribution in [2.45, 2.75) is 70.4 Å². The maximum atomic E-state index is 12.4. The summed E-state index contributed by atoms with van der Waals surface area (Å²) in [7, 11) is 0. The third-order valence-corrected chi connectivity index (χ3v) is 4.82. The molecule has 1 saturated carbocycles. The first-order chi connectivity index (χ1) is 9.74. The topological polar surface area (TPSA) is 58.6 Å². The second kappa shape index (κ2) is 7.99. The molecule has 2 aliphatic rings. The predicted molar refractivity (Wildman–Crippen MR) is 78.3 cm³/mol. The average Bonchev–Trinajstić information content (AvgIpc) is 2.48. The van der Waals surface area contributed by atoms with Crippen LogP contribution in [-0.4, -0.2) is 36.4 Å². The van der Waals surface area contributed by atoms with Gasteiger partial charge in [-0.25, -0.2) is 0 Å². The van der Waals surface area contributed by atoms with Crippen molar-refractivity contribution >= 4 is 5.91 Å². The van der Waals surface area contributed by atoms with Gasteiger partial charge >= 0.3 is 0 Å². The van der Waals surface area contributed by atoms with E-state index in [4.69, 9.17) is 4.74 Å². The summed E-state index contributed by atoms with van der Waals surface area (Å²) >= 11 is 0.